The highest BCUT2D eigenvalue weighted by Gasteiger charge is 2.16. The lowest BCUT2D eigenvalue weighted by Gasteiger charge is -2.22. The molecule has 100 valence electrons. The second-order valence-corrected chi connectivity index (χ2v) is 4.30. The number of halogens is 2. The van der Waals surface area contributed by atoms with Crippen LogP contribution in [0.5, 0.6) is 0 Å². The summed E-state index contributed by atoms with van der Waals surface area (Å²) in [6.07, 6.45) is 0. The van der Waals surface area contributed by atoms with Crippen molar-refractivity contribution in [1.82, 2.24) is 4.90 Å². The van der Waals surface area contributed by atoms with Crippen LogP contribution in [-0.4, -0.2) is 29.1 Å². The molecule has 0 aliphatic carbocycles. The number of carboxylic acid groups (broad SMARTS) is 1. The zero-order valence-electron chi connectivity index (χ0n) is 10.5. The molecule has 0 spiro atoms. The molecule has 0 aliphatic heterocycles. The van der Waals surface area contributed by atoms with E-state index in [1.54, 1.807) is 6.92 Å². The van der Waals surface area contributed by atoms with Gasteiger partial charge in [-0.1, -0.05) is 19.9 Å². The van der Waals surface area contributed by atoms with Crippen LogP contribution >= 0.6 is 0 Å². The maximum absolute atomic E-state index is 13.5. The third-order valence-corrected chi connectivity index (χ3v) is 2.81. The minimum atomic E-state index is -0.881. The van der Waals surface area contributed by atoms with Gasteiger partial charge in [-0.2, -0.15) is 0 Å². The quantitative estimate of drug-likeness (QED) is 0.851. The molecule has 1 aromatic carbocycles. The molecule has 0 amide bonds. The van der Waals surface area contributed by atoms with Crippen molar-refractivity contribution in [3.63, 3.8) is 0 Å². The number of carboxylic acids is 1. The molecule has 0 fully saturated rings. The molecule has 0 bridgehead atoms. The molecule has 0 saturated heterocycles. The van der Waals surface area contributed by atoms with Gasteiger partial charge in [-0.05, 0) is 12.6 Å². The largest absolute Gasteiger partial charge is 0.481 e. The van der Waals surface area contributed by atoms with Gasteiger partial charge in [0.25, 0.3) is 0 Å². The number of nitrogens with zero attached hydrogens (tertiary/aromatic N) is 1. The Morgan fingerprint density at radius 1 is 1.44 bits per heavy atom. The van der Waals surface area contributed by atoms with Crippen LogP contribution in [0.4, 0.5) is 8.78 Å². The Kier molecular flexibility index (Phi) is 5.22. The van der Waals surface area contributed by atoms with E-state index in [4.69, 9.17) is 5.11 Å². The third-order valence-electron chi connectivity index (χ3n) is 2.81. The van der Waals surface area contributed by atoms with E-state index in [-0.39, 0.29) is 6.54 Å². The van der Waals surface area contributed by atoms with Gasteiger partial charge in [0.1, 0.15) is 11.6 Å². The van der Waals surface area contributed by atoms with Crippen LogP contribution in [-0.2, 0) is 11.3 Å². The number of carbonyl (C=O) groups is 1. The molecule has 3 nitrogen and oxygen atoms in total. The Hall–Kier alpha value is -1.49. The van der Waals surface area contributed by atoms with Gasteiger partial charge in [0, 0.05) is 24.7 Å². The molecule has 0 aromatic heterocycles. The standard InChI is InChI=1S/C13H17F2NO2/c1-3-16(7-9(2)13(17)18)8-10-4-5-11(14)6-12(10)15/h4-6,9H,3,7-8H2,1-2H3,(H,17,18). The first-order chi connectivity index (χ1) is 8.43. The zero-order valence-corrected chi connectivity index (χ0v) is 10.5. The number of hydrogen-bond donors (Lipinski definition) is 1. The van der Waals surface area contributed by atoms with Gasteiger partial charge in [0.15, 0.2) is 0 Å². The van der Waals surface area contributed by atoms with Crippen LogP contribution in [0.2, 0.25) is 0 Å². The summed E-state index contributed by atoms with van der Waals surface area (Å²) in [4.78, 5) is 12.6. The fourth-order valence-electron chi connectivity index (χ4n) is 1.66. The lowest BCUT2D eigenvalue weighted by molar-refractivity contribution is -0.141. The van der Waals surface area contributed by atoms with Gasteiger partial charge in [-0.25, -0.2) is 8.78 Å². The molecular formula is C13H17F2NO2. The van der Waals surface area contributed by atoms with Crippen molar-refractivity contribution < 1.29 is 18.7 Å². The van der Waals surface area contributed by atoms with Crippen LogP contribution in [0, 0.1) is 17.6 Å². The molecule has 1 N–H and O–H groups in total. The van der Waals surface area contributed by atoms with Crippen LogP contribution in [0.3, 0.4) is 0 Å². The fourth-order valence-corrected chi connectivity index (χ4v) is 1.66. The minimum absolute atomic E-state index is 0.278. The van der Waals surface area contributed by atoms with Gasteiger partial charge in [-0.3, -0.25) is 9.69 Å². The first-order valence-electron chi connectivity index (χ1n) is 5.83. The van der Waals surface area contributed by atoms with E-state index in [1.165, 1.54) is 12.1 Å². The summed E-state index contributed by atoms with van der Waals surface area (Å²) in [5, 5.41) is 8.83. The Bertz CT molecular complexity index is 423. The van der Waals surface area contributed by atoms with E-state index in [0.717, 1.165) is 6.07 Å². The van der Waals surface area contributed by atoms with Gasteiger partial charge in [0.05, 0.1) is 5.92 Å². The number of benzene rings is 1. The Morgan fingerprint density at radius 3 is 2.61 bits per heavy atom. The summed E-state index contributed by atoms with van der Waals surface area (Å²) in [5.74, 6) is -2.61. The maximum Gasteiger partial charge on any atom is 0.307 e. The minimum Gasteiger partial charge on any atom is -0.481 e. The number of hydrogen-bond acceptors (Lipinski definition) is 2. The van der Waals surface area contributed by atoms with Crippen molar-refractivity contribution in [3.8, 4) is 0 Å². The Balaban J connectivity index is 2.70. The molecule has 1 atom stereocenters. The second kappa shape index (κ2) is 6.44. The highest BCUT2D eigenvalue weighted by atomic mass is 19.1. The van der Waals surface area contributed by atoms with Crippen molar-refractivity contribution >= 4 is 5.97 Å². The summed E-state index contributed by atoms with van der Waals surface area (Å²) in [5.41, 5.74) is 0.371. The summed E-state index contributed by atoms with van der Waals surface area (Å²) >= 11 is 0. The van der Waals surface area contributed by atoms with E-state index in [0.29, 0.717) is 18.7 Å². The molecule has 0 saturated carbocycles. The average molecular weight is 257 g/mol. The topological polar surface area (TPSA) is 40.5 Å². The molecule has 5 heteroatoms. The molecule has 0 radical (unpaired) electrons. The number of rotatable bonds is 6. The fraction of sp³-hybridized carbons (Fsp3) is 0.462. The van der Waals surface area contributed by atoms with Gasteiger partial charge >= 0.3 is 5.97 Å². The van der Waals surface area contributed by atoms with Gasteiger partial charge in [0.2, 0.25) is 0 Å². The molecule has 0 heterocycles. The lowest BCUT2D eigenvalue weighted by Crippen LogP contribution is -2.31. The van der Waals surface area contributed by atoms with E-state index in [1.807, 2.05) is 11.8 Å². The average Bonchev–Trinajstić information content (AvgIpc) is 2.31. The normalized spacial score (nSPS) is 12.7. The van der Waals surface area contributed by atoms with Crippen molar-refractivity contribution in [2.45, 2.75) is 20.4 Å². The van der Waals surface area contributed by atoms with Crippen molar-refractivity contribution in [1.29, 1.82) is 0 Å². The van der Waals surface area contributed by atoms with Crippen molar-refractivity contribution in [2.75, 3.05) is 13.1 Å². The monoisotopic (exact) mass is 257 g/mol. The Labute approximate surface area is 105 Å². The van der Waals surface area contributed by atoms with Crippen molar-refractivity contribution in [3.05, 3.63) is 35.4 Å². The molecular weight excluding hydrogens is 240 g/mol. The molecule has 1 aromatic rings. The zero-order chi connectivity index (χ0) is 13.7. The predicted molar refractivity (Wildman–Crippen MR) is 64.1 cm³/mol. The second-order valence-electron chi connectivity index (χ2n) is 4.30. The summed E-state index contributed by atoms with van der Waals surface area (Å²) < 4.78 is 26.2. The van der Waals surface area contributed by atoms with Crippen LogP contribution in [0.25, 0.3) is 0 Å². The third kappa shape index (κ3) is 4.07. The van der Waals surface area contributed by atoms with Crippen LogP contribution in [0.1, 0.15) is 19.4 Å². The van der Waals surface area contributed by atoms with Crippen LogP contribution < -0.4 is 0 Å². The van der Waals surface area contributed by atoms with Crippen molar-refractivity contribution in [2.24, 2.45) is 5.92 Å². The summed E-state index contributed by atoms with van der Waals surface area (Å²) in [6, 6.07) is 3.43. The van der Waals surface area contributed by atoms with E-state index in [9.17, 15) is 13.6 Å². The van der Waals surface area contributed by atoms with Crippen LogP contribution in [0.15, 0.2) is 18.2 Å². The predicted octanol–water partition coefficient (Wildman–Crippen LogP) is 2.51. The maximum atomic E-state index is 13.5. The highest BCUT2D eigenvalue weighted by Crippen LogP contribution is 2.13. The lowest BCUT2D eigenvalue weighted by atomic mass is 10.1. The summed E-state index contributed by atoms with van der Waals surface area (Å²) in [6.45, 7) is 4.69. The first-order valence-corrected chi connectivity index (χ1v) is 5.83. The van der Waals surface area contributed by atoms with Gasteiger partial charge in [-0.15, -0.1) is 0 Å². The van der Waals surface area contributed by atoms with E-state index < -0.39 is 23.5 Å². The molecule has 0 aliphatic rings. The Morgan fingerprint density at radius 2 is 2.11 bits per heavy atom. The van der Waals surface area contributed by atoms with E-state index >= 15 is 0 Å². The van der Waals surface area contributed by atoms with Gasteiger partial charge < -0.3 is 5.11 Å². The molecule has 1 unspecified atom stereocenters. The summed E-state index contributed by atoms with van der Waals surface area (Å²) in [7, 11) is 0. The SMILES string of the molecule is CCN(Cc1ccc(F)cc1F)CC(C)C(=O)O. The first kappa shape index (κ1) is 14.6. The molecule has 1 rings (SSSR count). The smallest absolute Gasteiger partial charge is 0.307 e. The number of aliphatic carboxylic acids is 1. The van der Waals surface area contributed by atoms with E-state index in [2.05, 4.69) is 0 Å². The highest BCUT2D eigenvalue weighted by molar-refractivity contribution is 5.69. The molecule has 18 heavy (non-hydrogen) atoms.